The third kappa shape index (κ3) is 2.96. The van der Waals surface area contributed by atoms with Gasteiger partial charge in [0.2, 0.25) is 0 Å². The van der Waals surface area contributed by atoms with Gasteiger partial charge in [-0.1, -0.05) is 27.4 Å². The predicted molar refractivity (Wildman–Crippen MR) is 81.0 cm³/mol. The average molecular weight is 300 g/mol. The number of rotatable bonds is 3. The molecule has 2 fully saturated rings. The van der Waals surface area contributed by atoms with E-state index in [4.69, 9.17) is 18.6 Å². The first-order valence-electron chi connectivity index (χ1n) is 7.28. The van der Waals surface area contributed by atoms with E-state index in [2.05, 4.69) is 40.4 Å². The van der Waals surface area contributed by atoms with Crippen molar-refractivity contribution in [1.82, 2.24) is 0 Å². The normalized spacial score (nSPS) is 33.1. The van der Waals surface area contributed by atoms with Crippen molar-refractivity contribution < 1.29 is 18.6 Å². The highest BCUT2D eigenvalue weighted by Crippen LogP contribution is 2.41. The van der Waals surface area contributed by atoms with Crippen molar-refractivity contribution in [3.8, 4) is 0 Å². The van der Waals surface area contributed by atoms with Gasteiger partial charge >= 0.3 is 0 Å². The summed E-state index contributed by atoms with van der Waals surface area (Å²) in [6, 6.07) is 0. The lowest BCUT2D eigenvalue weighted by Crippen LogP contribution is -2.44. The summed E-state index contributed by atoms with van der Waals surface area (Å²) in [6.07, 6.45) is -0.399. The lowest BCUT2D eigenvalue weighted by Gasteiger charge is -2.37. The summed E-state index contributed by atoms with van der Waals surface area (Å²) < 4.78 is 23.8. The average Bonchev–Trinajstić information content (AvgIpc) is 2.70. The quantitative estimate of drug-likeness (QED) is 0.748. The zero-order valence-corrected chi connectivity index (χ0v) is 14.8. The van der Waals surface area contributed by atoms with Crippen LogP contribution in [0.1, 0.15) is 34.6 Å². The first-order valence-corrected chi connectivity index (χ1v) is 10.2. The van der Waals surface area contributed by atoms with Crippen LogP contribution in [0.2, 0.25) is 18.1 Å². The molecule has 0 aliphatic carbocycles. The first kappa shape index (κ1) is 16.0. The van der Waals surface area contributed by atoms with Crippen LogP contribution in [0.4, 0.5) is 0 Å². The molecule has 116 valence electrons. The Hall–Kier alpha value is -0.363. The van der Waals surface area contributed by atoms with Crippen molar-refractivity contribution in [1.29, 1.82) is 0 Å². The molecule has 0 aromatic rings. The van der Waals surface area contributed by atoms with Crippen LogP contribution in [0.5, 0.6) is 0 Å². The minimum Gasteiger partial charge on any atom is -0.487 e. The second-order valence-corrected chi connectivity index (χ2v) is 12.5. The van der Waals surface area contributed by atoms with Crippen LogP contribution in [0.3, 0.4) is 0 Å². The fraction of sp³-hybridized carbons (Fsp3) is 0.867. The van der Waals surface area contributed by atoms with Gasteiger partial charge < -0.3 is 18.6 Å². The lowest BCUT2D eigenvalue weighted by molar-refractivity contribution is -0.168. The van der Waals surface area contributed by atoms with E-state index in [0.717, 1.165) is 0 Å². The van der Waals surface area contributed by atoms with Crippen molar-refractivity contribution in [2.24, 2.45) is 0 Å². The first-order chi connectivity index (χ1) is 8.93. The molecule has 0 aromatic heterocycles. The van der Waals surface area contributed by atoms with Crippen LogP contribution in [-0.2, 0) is 18.6 Å². The molecule has 0 aromatic carbocycles. The fourth-order valence-electron chi connectivity index (χ4n) is 2.27. The lowest BCUT2D eigenvalue weighted by atomic mass is 10.1. The van der Waals surface area contributed by atoms with Gasteiger partial charge in [0.1, 0.15) is 24.1 Å². The Bertz CT molecular complexity index is 397. The Morgan fingerprint density at radius 1 is 1.25 bits per heavy atom. The Balaban J connectivity index is 2.00. The Labute approximate surface area is 123 Å². The van der Waals surface area contributed by atoms with Gasteiger partial charge in [0.25, 0.3) is 0 Å². The molecule has 0 spiro atoms. The smallest absolute Gasteiger partial charge is 0.192 e. The van der Waals surface area contributed by atoms with E-state index >= 15 is 0 Å². The Kier molecular flexibility index (Phi) is 3.87. The summed E-state index contributed by atoms with van der Waals surface area (Å²) in [7, 11) is -1.78. The molecule has 0 saturated carbocycles. The maximum atomic E-state index is 6.24. The predicted octanol–water partition coefficient (Wildman–Crippen LogP) is 3.44. The van der Waals surface area contributed by atoms with Gasteiger partial charge in [-0.05, 0) is 32.0 Å². The van der Waals surface area contributed by atoms with E-state index in [0.29, 0.717) is 12.4 Å². The second kappa shape index (κ2) is 4.83. The highest BCUT2D eigenvalue weighted by molar-refractivity contribution is 6.74. The van der Waals surface area contributed by atoms with Crippen molar-refractivity contribution in [2.75, 3.05) is 6.61 Å². The van der Waals surface area contributed by atoms with Gasteiger partial charge in [0.05, 0.1) is 6.61 Å². The molecule has 2 heterocycles. The van der Waals surface area contributed by atoms with Crippen LogP contribution >= 0.6 is 0 Å². The number of ether oxygens (including phenoxy) is 3. The molecule has 0 radical (unpaired) electrons. The van der Waals surface area contributed by atoms with Gasteiger partial charge in [-0.15, -0.1) is 0 Å². The molecule has 0 bridgehead atoms. The molecule has 3 atom stereocenters. The van der Waals surface area contributed by atoms with E-state index in [9.17, 15) is 0 Å². The third-order valence-corrected chi connectivity index (χ3v) is 9.03. The standard InChI is InChI=1S/C15H28O4Si/c1-10-12-13(19-15(5,6)18-12)11(17-10)9-16-20(7,8)14(2,3)4/h11-13H,1,9H2,2-8H3/t11-,12?,13?/m1/s1. The monoisotopic (exact) mass is 300 g/mol. The molecule has 2 aliphatic heterocycles. The van der Waals surface area contributed by atoms with Crippen LogP contribution in [0.25, 0.3) is 0 Å². The highest BCUT2D eigenvalue weighted by Gasteiger charge is 2.53. The molecule has 0 amide bonds. The van der Waals surface area contributed by atoms with E-state index in [1.165, 1.54) is 0 Å². The summed E-state index contributed by atoms with van der Waals surface area (Å²) >= 11 is 0. The van der Waals surface area contributed by atoms with Crippen LogP contribution in [0, 0.1) is 0 Å². The molecule has 2 rings (SSSR count). The summed E-state index contributed by atoms with van der Waals surface area (Å²) in [4.78, 5) is 0. The number of hydrogen-bond acceptors (Lipinski definition) is 4. The number of hydrogen-bond donors (Lipinski definition) is 0. The Morgan fingerprint density at radius 2 is 1.85 bits per heavy atom. The van der Waals surface area contributed by atoms with Crippen molar-refractivity contribution in [3.05, 3.63) is 12.3 Å². The molecule has 2 saturated heterocycles. The van der Waals surface area contributed by atoms with E-state index in [1.54, 1.807) is 0 Å². The molecular weight excluding hydrogens is 272 g/mol. The summed E-state index contributed by atoms with van der Waals surface area (Å²) in [5, 5.41) is 0.189. The molecular formula is C15H28O4Si. The summed E-state index contributed by atoms with van der Waals surface area (Å²) in [5.74, 6) is 0.0847. The summed E-state index contributed by atoms with van der Waals surface area (Å²) in [6.45, 7) is 19.5. The molecule has 0 N–H and O–H groups in total. The van der Waals surface area contributed by atoms with Crippen LogP contribution < -0.4 is 0 Å². The SMILES string of the molecule is C=C1O[C@H](CO[Si](C)(C)C(C)(C)C)C2OC(C)(C)OC12. The Morgan fingerprint density at radius 3 is 2.40 bits per heavy atom. The molecule has 2 aliphatic rings. The number of fused-ring (bicyclic) bond motifs is 1. The van der Waals surface area contributed by atoms with E-state index in [1.807, 2.05) is 13.8 Å². The largest absolute Gasteiger partial charge is 0.487 e. The van der Waals surface area contributed by atoms with Crippen molar-refractivity contribution >= 4 is 8.32 Å². The minimum atomic E-state index is -1.78. The second-order valence-electron chi connectivity index (χ2n) is 7.71. The summed E-state index contributed by atoms with van der Waals surface area (Å²) in [5.41, 5.74) is 0. The minimum absolute atomic E-state index is 0.109. The molecule has 5 heteroatoms. The third-order valence-electron chi connectivity index (χ3n) is 4.53. The fourth-order valence-corrected chi connectivity index (χ4v) is 3.29. The molecule has 2 unspecified atom stereocenters. The zero-order chi connectivity index (χ0) is 15.3. The van der Waals surface area contributed by atoms with Crippen LogP contribution in [0.15, 0.2) is 12.3 Å². The van der Waals surface area contributed by atoms with Gasteiger partial charge in [0.15, 0.2) is 14.1 Å². The zero-order valence-electron chi connectivity index (χ0n) is 13.8. The van der Waals surface area contributed by atoms with Gasteiger partial charge in [0, 0.05) is 0 Å². The van der Waals surface area contributed by atoms with E-state index < -0.39 is 14.1 Å². The maximum Gasteiger partial charge on any atom is 0.192 e. The van der Waals surface area contributed by atoms with Crippen molar-refractivity contribution in [3.63, 3.8) is 0 Å². The molecule has 4 nitrogen and oxygen atoms in total. The van der Waals surface area contributed by atoms with Gasteiger partial charge in [-0.3, -0.25) is 0 Å². The van der Waals surface area contributed by atoms with Gasteiger partial charge in [-0.25, -0.2) is 0 Å². The molecule has 20 heavy (non-hydrogen) atoms. The topological polar surface area (TPSA) is 36.9 Å². The van der Waals surface area contributed by atoms with Gasteiger partial charge in [-0.2, -0.15) is 0 Å². The van der Waals surface area contributed by atoms with Crippen LogP contribution in [-0.4, -0.2) is 39.0 Å². The maximum absolute atomic E-state index is 6.24. The van der Waals surface area contributed by atoms with E-state index in [-0.39, 0.29) is 23.4 Å². The van der Waals surface area contributed by atoms with Crippen molar-refractivity contribution in [2.45, 2.75) is 76.8 Å². The highest BCUT2D eigenvalue weighted by atomic mass is 28.4.